The van der Waals surface area contributed by atoms with Gasteiger partial charge in [-0.15, -0.1) is 0 Å². The van der Waals surface area contributed by atoms with Gasteiger partial charge in [0.25, 0.3) is 0 Å². The van der Waals surface area contributed by atoms with Crippen molar-refractivity contribution in [2.24, 2.45) is 0 Å². The molecule has 1 atom stereocenters. The fourth-order valence-corrected chi connectivity index (χ4v) is 1.82. The fourth-order valence-electron chi connectivity index (χ4n) is 1.82. The van der Waals surface area contributed by atoms with Crippen molar-refractivity contribution in [1.82, 2.24) is 0 Å². The molecule has 0 fully saturated rings. The van der Waals surface area contributed by atoms with Crippen LogP contribution in [0, 0.1) is 18.3 Å². The number of aryl methyl sites for hydroxylation is 1. The summed E-state index contributed by atoms with van der Waals surface area (Å²) >= 11 is 0. The van der Waals surface area contributed by atoms with E-state index < -0.39 is 0 Å². The highest BCUT2D eigenvalue weighted by molar-refractivity contribution is 5.47. The molecular formula is C17H18N2O. The molecule has 0 spiro atoms. The number of nitriles is 1. The van der Waals surface area contributed by atoms with Crippen LogP contribution >= 0.6 is 0 Å². The molecule has 0 heterocycles. The molecule has 2 aromatic rings. The maximum atomic E-state index is 8.75. The number of ether oxygens (including phenoxy) is 1. The normalized spacial score (nSPS) is 11.4. The van der Waals surface area contributed by atoms with E-state index in [1.807, 2.05) is 36.4 Å². The van der Waals surface area contributed by atoms with E-state index in [9.17, 15) is 0 Å². The van der Waals surface area contributed by atoms with E-state index in [4.69, 9.17) is 10.00 Å². The monoisotopic (exact) mass is 266 g/mol. The molecule has 2 rings (SSSR count). The Morgan fingerprint density at radius 3 is 2.35 bits per heavy atom. The summed E-state index contributed by atoms with van der Waals surface area (Å²) in [6.45, 7) is 4.70. The Balaban J connectivity index is 1.84. The van der Waals surface area contributed by atoms with Crippen molar-refractivity contribution in [2.45, 2.75) is 19.9 Å². The van der Waals surface area contributed by atoms with Gasteiger partial charge in [-0.3, -0.25) is 0 Å². The van der Waals surface area contributed by atoms with Gasteiger partial charge in [-0.1, -0.05) is 17.7 Å². The average Bonchev–Trinajstić information content (AvgIpc) is 2.47. The van der Waals surface area contributed by atoms with Gasteiger partial charge in [-0.25, -0.2) is 0 Å². The highest BCUT2D eigenvalue weighted by Crippen LogP contribution is 2.13. The molecule has 0 aliphatic rings. The van der Waals surface area contributed by atoms with Gasteiger partial charge >= 0.3 is 0 Å². The molecule has 0 aliphatic carbocycles. The van der Waals surface area contributed by atoms with Crippen molar-refractivity contribution in [1.29, 1.82) is 5.26 Å². The molecule has 3 heteroatoms. The second kappa shape index (κ2) is 6.63. The minimum Gasteiger partial charge on any atom is -0.491 e. The van der Waals surface area contributed by atoms with Crippen LogP contribution in [0.2, 0.25) is 0 Å². The molecule has 20 heavy (non-hydrogen) atoms. The zero-order valence-electron chi connectivity index (χ0n) is 11.8. The number of nitrogens with zero attached hydrogens (tertiary/aromatic N) is 1. The molecule has 0 saturated carbocycles. The molecule has 0 radical (unpaired) electrons. The third-order valence-corrected chi connectivity index (χ3v) is 2.95. The van der Waals surface area contributed by atoms with E-state index in [0.29, 0.717) is 12.2 Å². The zero-order chi connectivity index (χ0) is 14.4. The lowest BCUT2D eigenvalue weighted by atomic mass is 10.2. The smallest absolute Gasteiger partial charge is 0.119 e. The van der Waals surface area contributed by atoms with Gasteiger partial charge in [-0.05, 0) is 50.2 Å². The van der Waals surface area contributed by atoms with Crippen molar-refractivity contribution >= 4 is 5.69 Å². The Bertz CT molecular complexity index is 582. The second-order valence-electron chi connectivity index (χ2n) is 4.86. The number of benzene rings is 2. The molecule has 102 valence electrons. The van der Waals surface area contributed by atoms with Crippen molar-refractivity contribution in [3.05, 3.63) is 59.7 Å². The molecule has 1 unspecified atom stereocenters. The lowest BCUT2D eigenvalue weighted by Crippen LogP contribution is -2.23. The predicted molar refractivity (Wildman–Crippen MR) is 80.9 cm³/mol. The Labute approximate surface area is 119 Å². The lowest BCUT2D eigenvalue weighted by molar-refractivity contribution is 0.304. The topological polar surface area (TPSA) is 45.0 Å². The summed E-state index contributed by atoms with van der Waals surface area (Å²) < 4.78 is 5.73. The maximum absolute atomic E-state index is 8.75. The number of hydrogen-bond acceptors (Lipinski definition) is 3. The van der Waals surface area contributed by atoms with E-state index in [0.717, 1.165) is 11.4 Å². The molecule has 0 aromatic heterocycles. The first kappa shape index (κ1) is 14.0. The van der Waals surface area contributed by atoms with Crippen molar-refractivity contribution in [3.63, 3.8) is 0 Å². The summed E-state index contributed by atoms with van der Waals surface area (Å²) in [6, 6.07) is 17.7. The van der Waals surface area contributed by atoms with Crippen LogP contribution in [0.4, 0.5) is 5.69 Å². The Kier molecular flexibility index (Phi) is 4.62. The van der Waals surface area contributed by atoms with Crippen LogP contribution in [0.3, 0.4) is 0 Å². The first-order valence-corrected chi connectivity index (χ1v) is 6.63. The Morgan fingerprint density at radius 1 is 1.10 bits per heavy atom. The fraction of sp³-hybridized carbons (Fsp3) is 0.235. The van der Waals surface area contributed by atoms with Crippen LogP contribution in [-0.4, -0.2) is 12.6 Å². The second-order valence-corrected chi connectivity index (χ2v) is 4.86. The highest BCUT2D eigenvalue weighted by atomic mass is 16.5. The van der Waals surface area contributed by atoms with Crippen LogP contribution in [0.1, 0.15) is 18.1 Å². The minimum absolute atomic E-state index is 0.184. The standard InChI is InChI=1S/C17H18N2O/c1-13-3-9-17(10-4-13)20-12-14(2)19-16-7-5-15(11-18)6-8-16/h3-10,14,19H,12H2,1-2H3. The van der Waals surface area contributed by atoms with Gasteiger partial charge in [0.2, 0.25) is 0 Å². The third-order valence-electron chi connectivity index (χ3n) is 2.95. The lowest BCUT2D eigenvalue weighted by Gasteiger charge is -2.16. The number of rotatable bonds is 5. The molecule has 3 nitrogen and oxygen atoms in total. The molecule has 0 saturated heterocycles. The predicted octanol–water partition coefficient (Wildman–Crippen LogP) is 3.75. The maximum Gasteiger partial charge on any atom is 0.119 e. The summed E-state index contributed by atoms with van der Waals surface area (Å²) in [7, 11) is 0. The summed E-state index contributed by atoms with van der Waals surface area (Å²) in [5, 5.41) is 12.1. The van der Waals surface area contributed by atoms with Crippen LogP contribution in [0.5, 0.6) is 5.75 Å². The number of nitrogens with one attached hydrogen (secondary N) is 1. The van der Waals surface area contributed by atoms with E-state index in [-0.39, 0.29) is 6.04 Å². The van der Waals surface area contributed by atoms with Gasteiger partial charge in [0, 0.05) is 5.69 Å². The molecular weight excluding hydrogens is 248 g/mol. The third kappa shape index (κ3) is 4.03. The van der Waals surface area contributed by atoms with Crippen LogP contribution in [0.25, 0.3) is 0 Å². The van der Waals surface area contributed by atoms with Gasteiger partial charge in [0.1, 0.15) is 12.4 Å². The van der Waals surface area contributed by atoms with Crippen molar-refractivity contribution in [3.8, 4) is 11.8 Å². The van der Waals surface area contributed by atoms with E-state index in [1.165, 1.54) is 5.56 Å². The summed E-state index contributed by atoms with van der Waals surface area (Å²) in [5.74, 6) is 0.879. The van der Waals surface area contributed by atoms with Crippen molar-refractivity contribution < 1.29 is 4.74 Å². The van der Waals surface area contributed by atoms with Gasteiger partial charge in [-0.2, -0.15) is 5.26 Å². The summed E-state index contributed by atoms with van der Waals surface area (Å²) in [6.07, 6.45) is 0. The van der Waals surface area contributed by atoms with E-state index >= 15 is 0 Å². The SMILES string of the molecule is Cc1ccc(OCC(C)Nc2ccc(C#N)cc2)cc1. The Morgan fingerprint density at radius 2 is 1.75 bits per heavy atom. The quantitative estimate of drug-likeness (QED) is 0.896. The van der Waals surface area contributed by atoms with Crippen LogP contribution in [-0.2, 0) is 0 Å². The molecule has 1 N–H and O–H groups in total. The molecule has 0 bridgehead atoms. The first-order chi connectivity index (χ1) is 9.67. The summed E-state index contributed by atoms with van der Waals surface area (Å²) in [5.41, 5.74) is 2.88. The van der Waals surface area contributed by atoms with Gasteiger partial charge in [0.05, 0.1) is 17.7 Å². The van der Waals surface area contributed by atoms with Crippen LogP contribution < -0.4 is 10.1 Å². The zero-order valence-corrected chi connectivity index (χ0v) is 11.8. The van der Waals surface area contributed by atoms with Gasteiger partial charge in [0.15, 0.2) is 0 Å². The van der Waals surface area contributed by atoms with Crippen LogP contribution in [0.15, 0.2) is 48.5 Å². The molecule has 0 amide bonds. The average molecular weight is 266 g/mol. The Hall–Kier alpha value is -2.47. The largest absolute Gasteiger partial charge is 0.491 e. The number of hydrogen-bond donors (Lipinski definition) is 1. The summed E-state index contributed by atoms with van der Waals surface area (Å²) in [4.78, 5) is 0. The minimum atomic E-state index is 0.184. The number of anilines is 1. The van der Waals surface area contributed by atoms with E-state index in [2.05, 4.69) is 25.2 Å². The molecule has 2 aromatic carbocycles. The van der Waals surface area contributed by atoms with Gasteiger partial charge < -0.3 is 10.1 Å². The van der Waals surface area contributed by atoms with E-state index in [1.54, 1.807) is 12.1 Å². The highest BCUT2D eigenvalue weighted by Gasteiger charge is 2.03. The molecule has 0 aliphatic heterocycles. The van der Waals surface area contributed by atoms with Crippen molar-refractivity contribution in [2.75, 3.05) is 11.9 Å². The first-order valence-electron chi connectivity index (χ1n) is 6.63.